The molecule has 2 N–H and O–H groups in total. The Kier molecular flexibility index (Phi) is 9.68. The molecule has 1 aromatic carbocycles. The van der Waals surface area contributed by atoms with Crippen molar-refractivity contribution in [2.45, 2.75) is 39.2 Å². The van der Waals surface area contributed by atoms with Crippen molar-refractivity contribution in [3.63, 3.8) is 0 Å². The normalized spacial score (nSPS) is 12.8. The lowest BCUT2D eigenvalue weighted by atomic mass is 10.0. The third-order valence-electron chi connectivity index (χ3n) is 3.71. The van der Waals surface area contributed by atoms with Crippen LogP contribution in [0.25, 0.3) is 0 Å². The van der Waals surface area contributed by atoms with Gasteiger partial charge in [0.1, 0.15) is 0 Å². The molecule has 0 saturated heterocycles. The van der Waals surface area contributed by atoms with Gasteiger partial charge in [-0.1, -0.05) is 37.6 Å². The van der Waals surface area contributed by atoms with Crippen molar-refractivity contribution < 1.29 is 5.11 Å². The monoisotopic (exact) mass is 312 g/mol. The SMILES string of the molecule is CCCNC(CCN(CC)CCCO)c1cccc(Cl)c1. The van der Waals surface area contributed by atoms with Crippen molar-refractivity contribution in [2.24, 2.45) is 0 Å². The summed E-state index contributed by atoms with van der Waals surface area (Å²) in [4.78, 5) is 2.39. The number of aliphatic hydroxyl groups is 1. The molecule has 0 saturated carbocycles. The molecule has 4 heteroatoms. The highest BCUT2D eigenvalue weighted by molar-refractivity contribution is 6.30. The fourth-order valence-electron chi connectivity index (χ4n) is 2.46. The molecule has 21 heavy (non-hydrogen) atoms. The topological polar surface area (TPSA) is 35.5 Å². The van der Waals surface area contributed by atoms with E-state index in [0.717, 1.165) is 50.5 Å². The smallest absolute Gasteiger partial charge is 0.0443 e. The number of halogens is 1. The van der Waals surface area contributed by atoms with E-state index in [1.54, 1.807) is 0 Å². The number of aliphatic hydroxyl groups excluding tert-OH is 1. The van der Waals surface area contributed by atoms with E-state index in [1.165, 1.54) is 5.56 Å². The molecule has 0 bridgehead atoms. The zero-order chi connectivity index (χ0) is 15.5. The number of rotatable bonds is 11. The van der Waals surface area contributed by atoms with E-state index in [2.05, 4.69) is 36.2 Å². The number of hydrogen-bond donors (Lipinski definition) is 2. The molecular weight excluding hydrogens is 284 g/mol. The van der Waals surface area contributed by atoms with Gasteiger partial charge in [-0.2, -0.15) is 0 Å². The minimum atomic E-state index is 0.266. The minimum Gasteiger partial charge on any atom is -0.396 e. The second kappa shape index (κ2) is 11.0. The van der Waals surface area contributed by atoms with Crippen molar-refractivity contribution in [2.75, 3.05) is 32.8 Å². The summed E-state index contributed by atoms with van der Waals surface area (Å²) in [5, 5.41) is 13.4. The van der Waals surface area contributed by atoms with Gasteiger partial charge in [0.05, 0.1) is 0 Å². The van der Waals surface area contributed by atoms with Crippen LogP contribution in [0.1, 0.15) is 44.7 Å². The largest absolute Gasteiger partial charge is 0.396 e. The minimum absolute atomic E-state index is 0.266. The number of benzene rings is 1. The van der Waals surface area contributed by atoms with Crippen LogP contribution in [0.5, 0.6) is 0 Å². The first-order valence-electron chi connectivity index (χ1n) is 8.03. The van der Waals surface area contributed by atoms with Crippen LogP contribution in [0.2, 0.25) is 5.02 Å². The van der Waals surface area contributed by atoms with Crippen molar-refractivity contribution in [1.82, 2.24) is 10.2 Å². The summed E-state index contributed by atoms with van der Waals surface area (Å²) in [6, 6.07) is 8.47. The third-order valence-corrected chi connectivity index (χ3v) is 3.94. The van der Waals surface area contributed by atoms with Crippen molar-refractivity contribution in [3.8, 4) is 0 Å². The molecule has 0 aliphatic carbocycles. The summed E-state index contributed by atoms with van der Waals surface area (Å²) < 4.78 is 0. The maximum atomic E-state index is 8.96. The Morgan fingerprint density at radius 3 is 2.71 bits per heavy atom. The van der Waals surface area contributed by atoms with E-state index in [1.807, 2.05) is 12.1 Å². The summed E-state index contributed by atoms with van der Waals surface area (Å²) in [6.45, 7) is 8.65. The van der Waals surface area contributed by atoms with Gasteiger partial charge in [-0.25, -0.2) is 0 Å². The third kappa shape index (κ3) is 7.28. The van der Waals surface area contributed by atoms with Crippen LogP contribution in [-0.4, -0.2) is 42.8 Å². The Bertz CT molecular complexity index is 387. The maximum Gasteiger partial charge on any atom is 0.0443 e. The molecular formula is C17H29ClN2O. The molecule has 1 rings (SSSR count). The number of hydrogen-bond acceptors (Lipinski definition) is 3. The Morgan fingerprint density at radius 2 is 2.10 bits per heavy atom. The van der Waals surface area contributed by atoms with E-state index < -0.39 is 0 Å². The van der Waals surface area contributed by atoms with Gasteiger partial charge in [-0.05, 0) is 56.6 Å². The summed E-state index contributed by atoms with van der Waals surface area (Å²) >= 11 is 6.12. The molecule has 0 fully saturated rings. The number of nitrogens with one attached hydrogen (secondary N) is 1. The average Bonchev–Trinajstić information content (AvgIpc) is 2.50. The van der Waals surface area contributed by atoms with Gasteiger partial charge in [0.25, 0.3) is 0 Å². The highest BCUT2D eigenvalue weighted by Gasteiger charge is 2.13. The molecule has 3 nitrogen and oxygen atoms in total. The van der Waals surface area contributed by atoms with E-state index in [0.29, 0.717) is 6.04 Å². The van der Waals surface area contributed by atoms with Crippen molar-refractivity contribution in [1.29, 1.82) is 0 Å². The highest BCUT2D eigenvalue weighted by Crippen LogP contribution is 2.21. The van der Waals surface area contributed by atoms with Crippen LogP contribution in [0, 0.1) is 0 Å². The van der Waals surface area contributed by atoms with Crippen LogP contribution in [-0.2, 0) is 0 Å². The second-order valence-corrected chi connectivity index (χ2v) is 5.80. The first-order chi connectivity index (χ1) is 10.2. The Morgan fingerprint density at radius 1 is 1.29 bits per heavy atom. The lowest BCUT2D eigenvalue weighted by Crippen LogP contribution is -2.31. The molecule has 0 spiro atoms. The summed E-state index contributed by atoms with van der Waals surface area (Å²) in [6.07, 6.45) is 3.02. The summed E-state index contributed by atoms with van der Waals surface area (Å²) in [7, 11) is 0. The molecule has 0 heterocycles. The molecule has 1 atom stereocenters. The lowest BCUT2D eigenvalue weighted by Gasteiger charge is -2.25. The molecule has 0 aromatic heterocycles. The molecule has 0 aliphatic rings. The Labute approximate surface area is 134 Å². The quantitative estimate of drug-likeness (QED) is 0.656. The van der Waals surface area contributed by atoms with Crippen LogP contribution in [0.4, 0.5) is 0 Å². The van der Waals surface area contributed by atoms with Crippen LogP contribution in [0.15, 0.2) is 24.3 Å². The van der Waals surface area contributed by atoms with Crippen molar-refractivity contribution >= 4 is 11.6 Å². The van der Waals surface area contributed by atoms with Gasteiger partial charge < -0.3 is 15.3 Å². The van der Waals surface area contributed by atoms with Gasteiger partial charge in [-0.3, -0.25) is 0 Å². The van der Waals surface area contributed by atoms with Crippen LogP contribution < -0.4 is 5.32 Å². The molecule has 120 valence electrons. The predicted octanol–water partition coefficient (Wildman–Crippen LogP) is 3.48. The lowest BCUT2D eigenvalue weighted by molar-refractivity contribution is 0.222. The fraction of sp³-hybridized carbons (Fsp3) is 0.647. The maximum absolute atomic E-state index is 8.96. The summed E-state index contributed by atoms with van der Waals surface area (Å²) in [5.74, 6) is 0. The van der Waals surface area contributed by atoms with Gasteiger partial charge in [0.2, 0.25) is 0 Å². The predicted molar refractivity (Wildman–Crippen MR) is 90.9 cm³/mol. The van der Waals surface area contributed by atoms with Crippen molar-refractivity contribution in [3.05, 3.63) is 34.9 Å². The van der Waals surface area contributed by atoms with Crippen LogP contribution in [0.3, 0.4) is 0 Å². The molecule has 0 aliphatic heterocycles. The van der Waals surface area contributed by atoms with E-state index in [-0.39, 0.29) is 6.61 Å². The van der Waals surface area contributed by atoms with Gasteiger partial charge in [-0.15, -0.1) is 0 Å². The standard InChI is InChI=1S/C17H29ClN2O/c1-3-10-19-17(15-7-5-8-16(18)14-15)9-12-20(4-2)11-6-13-21/h5,7-8,14,17,19,21H,3-4,6,9-13H2,1-2H3. The average molecular weight is 313 g/mol. The molecule has 1 unspecified atom stereocenters. The zero-order valence-corrected chi connectivity index (χ0v) is 14.1. The zero-order valence-electron chi connectivity index (χ0n) is 13.3. The molecule has 0 radical (unpaired) electrons. The Balaban J connectivity index is 2.60. The first-order valence-corrected chi connectivity index (χ1v) is 8.41. The van der Waals surface area contributed by atoms with E-state index in [4.69, 9.17) is 16.7 Å². The molecule has 0 amide bonds. The Hall–Kier alpha value is -0.610. The second-order valence-electron chi connectivity index (χ2n) is 5.36. The van der Waals surface area contributed by atoms with Gasteiger partial charge in [0.15, 0.2) is 0 Å². The molecule has 1 aromatic rings. The van der Waals surface area contributed by atoms with E-state index in [9.17, 15) is 0 Å². The number of nitrogens with zero attached hydrogens (tertiary/aromatic N) is 1. The fourth-order valence-corrected chi connectivity index (χ4v) is 2.66. The first kappa shape index (κ1) is 18.4. The van der Waals surface area contributed by atoms with E-state index >= 15 is 0 Å². The van der Waals surface area contributed by atoms with Gasteiger partial charge in [0, 0.05) is 24.2 Å². The highest BCUT2D eigenvalue weighted by atomic mass is 35.5. The van der Waals surface area contributed by atoms with Crippen LogP contribution >= 0.6 is 11.6 Å². The van der Waals surface area contributed by atoms with Gasteiger partial charge >= 0.3 is 0 Å². The summed E-state index contributed by atoms with van der Waals surface area (Å²) in [5.41, 5.74) is 1.26.